The van der Waals surface area contributed by atoms with Gasteiger partial charge in [-0.15, -0.1) is 0 Å². The monoisotopic (exact) mass is 495 g/mol. The molecule has 0 aliphatic rings. The molecule has 0 aliphatic carbocycles. The van der Waals surface area contributed by atoms with Crippen LogP contribution in [0.2, 0.25) is 0 Å². The fourth-order valence-electron chi connectivity index (χ4n) is 3.32. The third-order valence-electron chi connectivity index (χ3n) is 5.19. The van der Waals surface area contributed by atoms with Gasteiger partial charge < -0.3 is 14.8 Å². The molecular weight excluding hydrogens is 470 g/mol. The Labute approximate surface area is 214 Å². The van der Waals surface area contributed by atoms with Crippen molar-refractivity contribution in [3.63, 3.8) is 0 Å². The van der Waals surface area contributed by atoms with Crippen LogP contribution in [0.15, 0.2) is 109 Å². The molecule has 0 atom stereocenters. The molecule has 0 radical (unpaired) electrons. The average Bonchev–Trinajstić information content (AvgIpc) is 2.95. The van der Waals surface area contributed by atoms with Gasteiger partial charge >= 0.3 is 0 Å². The Morgan fingerprint density at radius 2 is 1.03 bits per heavy atom. The first-order valence-corrected chi connectivity index (χ1v) is 11.6. The molecule has 4 aromatic carbocycles. The van der Waals surface area contributed by atoms with E-state index in [0.717, 1.165) is 5.75 Å². The molecule has 8 heteroatoms. The lowest BCUT2D eigenvalue weighted by atomic mass is 10.1. The SMILES string of the molecule is O=C(NNC(=O)c1cccc(OCCOc2ccccc2)c1)c1ccc(NC(=O)c2ccccc2)cc1. The van der Waals surface area contributed by atoms with E-state index in [1.54, 1.807) is 72.8 Å². The lowest BCUT2D eigenvalue weighted by molar-refractivity contribution is 0.0846. The third-order valence-corrected chi connectivity index (χ3v) is 5.19. The molecular formula is C29H25N3O5. The highest BCUT2D eigenvalue weighted by molar-refractivity contribution is 6.04. The van der Waals surface area contributed by atoms with Gasteiger partial charge in [0.1, 0.15) is 24.7 Å². The number of rotatable bonds is 9. The van der Waals surface area contributed by atoms with Crippen LogP contribution in [0.1, 0.15) is 31.1 Å². The number of ether oxygens (including phenoxy) is 2. The zero-order valence-corrected chi connectivity index (χ0v) is 19.8. The van der Waals surface area contributed by atoms with Crippen molar-refractivity contribution < 1.29 is 23.9 Å². The molecule has 8 nitrogen and oxygen atoms in total. The summed E-state index contributed by atoms with van der Waals surface area (Å²) >= 11 is 0. The van der Waals surface area contributed by atoms with Crippen molar-refractivity contribution in [2.75, 3.05) is 18.5 Å². The van der Waals surface area contributed by atoms with Gasteiger partial charge in [0.2, 0.25) is 0 Å². The molecule has 0 fully saturated rings. The number of carbonyl (C=O) groups excluding carboxylic acids is 3. The predicted octanol–water partition coefficient (Wildman–Crippen LogP) is 4.47. The Kier molecular flexibility index (Phi) is 8.48. The molecule has 0 aromatic heterocycles. The summed E-state index contributed by atoms with van der Waals surface area (Å²) in [5.41, 5.74) is 6.48. The van der Waals surface area contributed by atoms with Crippen LogP contribution in [0, 0.1) is 0 Å². The Balaban J connectivity index is 1.23. The summed E-state index contributed by atoms with van der Waals surface area (Å²) in [5, 5.41) is 2.77. The van der Waals surface area contributed by atoms with Gasteiger partial charge in [-0.05, 0) is 66.7 Å². The standard InChI is InChI=1S/C29H25N3O5/c33-27(21-8-3-1-4-9-21)30-24-16-14-22(15-17-24)28(34)31-32-29(35)23-10-7-13-26(20-23)37-19-18-36-25-11-5-2-6-12-25/h1-17,20H,18-19H2,(H,30,33)(H,31,34)(H,32,35). The van der Waals surface area contributed by atoms with Gasteiger partial charge in [0, 0.05) is 22.4 Å². The first-order chi connectivity index (χ1) is 18.1. The van der Waals surface area contributed by atoms with E-state index in [1.165, 1.54) is 0 Å². The number of para-hydroxylation sites is 1. The van der Waals surface area contributed by atoms with Crippen molar-refractivity contribution in [3.05, 3.63) is 126 Å². The molecule has 3 amide bonds. The minimum atomic E-state index is -0.500. The lowest BCUT2D eigenvalue weighted by Crippen LogP contribution is -2.41. The Bertz CT molecular complexity index is 1340. The molecule has 0 unspecified atom stereocenters. The van der Waals surface area contributed by atoms with E-state index >= 15 is 0 Å². The summed E-state index contributed by atoms with van der Waals surface area (Å²) in [6.07, 6.45) is 0. The van der Waals surface area contributed by atoms with Gasteiger partial charge in [0.25, 0.3) is 17.7 Å². The number of nitrogens with one attached hydrogen (secondary N) is 3. The van der Waals surface area contributed by atoms with E-state index in [-0.39, 0.29) is 5.91 Å². The van der Waals surface area contributed by atoms with Crippen molar-refractivity contribution in [2.24, 2.45) is 0 Å². The van der Waals surface area contributed by atoms with Crippen LogP contribution in [-0.2, 0) is 0 Å². The number of hydrogen-bond donors (Lipinski definition) is 3. The molecule has 186 valence electrons. The minimum Gasteiger partial charge on any atom is -0.490 e. The Morgan fingerprint density at radius 1 is 0.514 bits per heavy atom. The van der Waals surface area contributed by atoms with E-state index in [4.69, 9.17) is 9.47 Å². The van der Waals surface area contributed by atoms with Gasteiger partial charge in [-0.2, -0.15) is 0 Å². The number of hydrazine groups is 1. The molecule has 0 bridgehead atoms. The highest BCUT2D eigenvalue weighted by Gasteiger charge is 2.11. The predicted molar refractivity (Wildman–Crippen MR) is 140 cm³/mol. The highest BCUT2D eigenvalue weighted by atomic mass is 16.5. The number of carbonyl (C=O) groups is 3. The average molecular weight is 496 g/mol. The third kappa shape index (κ3) is 7.43. The zero-order valence-electron chi connectivity index (χ0n) is 19.8. The topological polar surface area (TPSA) is 106 Å². The van der Waals surface area contributed by atoms with Crippen LogP contribution in [0.25, 0.3) is 0 Å². The molecule has 0 saturated carbocycles. The van der Waals surface area contributed by atoms with Crippen LogP contribution in [0.3, 0.4) is 0 Å². The lowest BCUT2D eigenvalue weighted by Gasteiger charge is -2.11. The van der Waals surface area contributed by atoms with Crippen molar-refractivity contribution in [3.8, 4) is 11.5 Å². The number of hydrogen-bond acceptors (Lipinski definition) is 5. The van der Waals surface area contributed by atoms with E-state index in [2.05, 4.69) is 16.2 Å². The second kappa shape index (κ2) is 12.6. The molecule has 4 rings (SSSR count). The molecule has 3 N–H and O–H groups in total. The fourth-order valence-corrected chi connectivity index (χ4v) is 3.32. The zero-order chi connectivity index (χ0) is 25.9. The first-order valence-electron chi connectivity index (χ1n) is 11.6. The van der Waals surface area contributed by atoms with Gasteiger partial charge in [-0.25, -0.2) is 0 Å². The Morgan fingerprint density at radius 3 is 1.70 bits per heavy atom. The molecule has 0 aliphatic heterocycles. The van der Waals surface area contributed by atoms with Gasteiger partial charge in [0.05, 0.1) is 0 Å². The van der Waals surface area contributed by atoms with Crippen molar-refractivity contribution in [2.45, 2.75) is 0 Å². The fraction of sp³-hybridized carbons (Fsp3) is 0.0690. The van der Waals surface area contributed by atoms with Crippen molar-refractivity contribution >= 4 is 23.4 Å². The molecule has 0 spiro atoms. The van der Waals surface area contributed by atoms with Crippen LogP contribution in [0.5, 0.6) is 11.5 Å². The van der Waals surface area contributed by atoms with E-state index in [0.29, 0.717) is 41.3 Å². The van der Waals surface area contributed by atoms with Gasteiger partial charge in [-0.1, -0.05) is 42.5 Å². The summed E-state index contributed by atoms with van der Waals surface area (Å²) in [6, 6.07) is 31.1. The summed E-state index contributed by atoms with van der Waals surface area (Å²) in [7, 11) is 0. The van der Waals surface area contributed by atoms with E-state index in [1.807, 2.05) is 36.4 Å². The normalized spacial score (nSPS) is 10.2. The van der Waals surface area contributed by atoms with Crippen LogP contribution in [0.4, 0.5) is 5.69 Å². The number of benzene rings is 4. The van der Waals surface area contributed by atoms with E-state index < -0.39 is 11.8 Å². The summed E-state index contributed by atoms with van der Waals surface area (Å²) in [6.45, 7) is 0.656. The second-order valence-electron chi connectivity index (χ2n) is 7.84. The van der Waals surface area contributed by atoms with Gasteiger partial charge in [0.15, 0.2) is 0 Å². The first kappa shape index (κ1) is 25.0. The van der Waals surface area contributed by atoms with Crippen LogP contribution in [-0.4, -0.2) is 30.9 Å². The minimum absolute atomic E-state index is 0.250. The van der Waals surface area contributed by atoms with Crippen molar-refractivity contribution in [1.82, 2.24) is 10.9 Å². The largest absolute Gasteiger partial charge is 0.490 e. The number of anilines is 1. The molecule has 4 aromatic rings. The molecule has 0 heterocycles. The number of amides is 3. The van der Waals surface area contributed by atoms with Crippen LogP contribution >= 0.6 is 0 Å². The molecule has 0 saturated heterocycles. The smallest absolute Gasteiger partial charge is 0.269 e. The quantitative estimate of drug-likeness (QED) is 0.235. The maximum Gasteiger partial charge on any atom is 0.269 e. The van der Waals surface area contributed by atoms with Crippen molar-refractivity contribution in [1.29, 1.82) is 0 Å². The summed E-state index contributed by atoms with van der Waals surface area (Å²) in [4.78, 5) is 37.2. The Hall–Kier alpha value is -5.11. The van der Waals surface area contributed by atoms with Crippen LogP contribution < -0.4 is 25.6 Å². The van der Waals surface area contributed by atoms with Gasteiger partial charge in [-0.3, -0.25) is 25.2 Å². The molecule has 37 heavy (non-hydrogen) atoms. The maximum absolute atomic E-state index is 12.5. The maximum atomic E-state index is 12.5. The summed E-state index contributed by atoms with van der Waals surface area (Å²) < 4.78 is 11.2. The van der Waals surface area contributed by atoms with E-state index in [9.17, 15) is 14.4 Å². The highest BCUT2D eigenvalue weighted by Crippen LogP contribution is 2.14. The summed E-state index contributed by atoms with van der Waals surface area (Å²) in [5.74, 6) is 0.0103. The second-order valence-corrected chi connectivity index (χ2v) is 7.84.